The molecule has 6 heteroatoms. The number of rotatable bonds is 4. The Morgan fingerprint density at radius 3 is 2.76 bits per heavy atom. The monoisotopic (exact) mass is 250 g/mol. The summed E-state index contributed by atoms with van der Waals surface area (Å²) in [5, 5.41) is 12.4. The van der Waals surface area contributed by atoms with Crippen molar-refractivity contribution in [2.75, 3.05) is 0 Å². The van der Waals surface area contributed by atoms with Gasteiger partial charge in [-0.1, -0.05) is 22.2 Å². The maximum Gasteiger partial charge on any atom is 0.357 e. The molecule has 0 radical (unpaired) electrons. The van der Waals surface area contributed by atoms with Crippen LogP contribution in [0.4, 0.5) is 0 Å². The fraction of sp³-hybridized carbons (Fsp3) is 0.182. The Morgan fingerprint density at radius 1 is 1.41 bits per heavy atom. The van der Waals surface area contributed by atoms with E-state index >= 15 is 0 Å². The Bertz CT molecular complexity index is 522. The van der Waals surface area contributed by atoms with Gasteiger partial charge in [0, 0.05) is 0 Å². The first-order valence-corrected chi connectivity index (χ1v) is 5.68. The van der Waals surface area contributed by atoms with Crippen LogP contribution in [-0.4, -0.2) is 20.7 Å². The van der Waals surface area contributed by atoms with Gasteiger partial charge >= 0.3 is 5.97 Å². The second-order valence-corrected chi connectivity index (χ2v) is 4.29. The largest absolute Gasteiger partial charge is 0.488 e. The third kappa shape index (κ3) is 2.79. The van der Waals surface area contributed by atoms with Crippen LogP contribution in [0.5, 0.6) is 5.75 Å². The molecule has 0 saturated heterocycles. The normalized spacial score (nSPS) is 10.2. The summed E-state index contributed by atoms with van der Waals surface area (Å²) in [5.41, 5.74) is 1.10. The third-order valence-corrected chi connectivity index (χ3v) is 2.84. The molecule has 0 unspecified atom stereocenters. The SMILES string of the molecule is Cc1ccc(OCc2snnc2C(=O)O)cc1. The maximum absolute atomic E-state index is 10.8. The van der Waals surface area contributed by atoms with E-state index in [1.807, 2.05) is 31.2 Å². The summed E-state index contributed by atoms with van der Waals surface area (Å²) in [4.78, 5) is 11.3. The van der Waals surface area contributed by atoms with Crippen LogP contribution in [0.2, 0.25) is 0 Å². The first kappa shape index (κ1) is 11.5. The quantitative estimate of drug-likeness (QED) is 0.899. The highest BCUT2D eigenvalue weighted by molar-refractivity contribution is 7.05. The minimum atomic E-state index is -1.08. The molecule has 0 aliphatic heterocycles. The topological polar surface area (TPSA) is 72.3 Å². The van der Waals surface area contributed by atoms with Crippen molar-refractivity contribution >= 4 is 17.5 Å². The molecule has 0 aliphatic carbocycles. The Kier molecular flexibility index (Phi) is 3.34. The zero-order valence-corrected chi connectivity index (χ0v) is 9.90. The second kappa shape index (κ2) is 4.92. The van der Waals surface area contributed by atoms with Crippen LogP contribution < -0.4 is 4.74 Å². The van der Waals surface area contributed by atoms with Crippen molar-refractivity contribution in [3.63, 3.8) is 0 Å². The molecule has 2 rings (SSSR count). The Balaban J connectivity index is 2.05. The second-order valence-electron chi connectivity index (χ2n) is 3.45. The molecule has 2 aromatic rings. The first-order valence-electron chi connectivity index (χ1n) is 4.91. The van der Waals surface area contributed by atoms with Gasteiger partial charge in [-0.25, -0.2) is 4.79 Å². The molecule has 88 valence electrons. The molecule has 0 bridgehead atoms. The summed E-state index contributed by atoms with van der Waals surface area (Å²) in [6.07, 6.45) is 0. The van der Waals surface area contributed by atoms with Gasteiger partial charge in [0.2, 0.25) is 0 Å². The van der Waals surface area contributed by atoms with E-state index in [9.17, 15) is 4.79 Å². The molecular weight excluding hydrogens is 240 g/mol. The lowest BCUT2D eigenvalue weighted by Crippen LogP contribution is -2.03. The fourth-order valence-corrected chi connectivity index (χ4v) is 1.80. The lowest BCUT2D eigenvalue weighted by molar-refractivity contribution is 0.0687. The number of benzene rings is 1. The van der Waals surface area contributed by atoms with E-state index in [-0.39, 0.29) is 12.3 Å². The van der Waals surface area contributed by atoms with Crippen molar-refractivity contribution in [3.05, 3.63) is 40.4 Å². The fourth-order valence-electron chi connectivity index (χ4n) is 1.25. The molecule has 0 atom stereocenters. The highest BCUT2D eigenvalue weighted by atomic mass is 32.1. The molecule has 0 spiro atoms. The summed E-state index contributed by atoms with van der Waals surface area (Å²) >= 11 is 1.03. The van der Waals surface area contributed by atoms with Crippen molar-refractivity contribution in [1.82, 2.24) is 9.59 Å². The number of aromatic carboxylic acids is 1. The van der Waals surface area contributed by atoms with Gasteiger partial charge in [-0.3, -0.25) is 0 Å². The van der Waals surface area contributed by atoms with E-state index < -0.39 is 5.97 Å². The third-order valence-electron chi connectivity index (χ3n) is 2.15. The van der Waals surface area contributed by atoms with Gasteiger partial charge in [-0.05, 0) is 30.6 Å². The number of hydrogen-bond donors (Lipinski definition) is 1. The number of aromatic nitrogens is 2. The van der Waals surface area contributed by atoms with Gasteiger partial charge in [-0.2, -0.15) is 0 Å². The molecule has 0 fully saturated rings. The van der Waals surface area contributed by atoms with Gasteiger partial charge in [0.05, 0.1) is 4.88 Å². The predicted octanol–water partition coefficient (Wildman–Crippen LogP) is 2.12. The van der Waals surface area contributed by atoms with Crippen molar-refractivity contribution in [2.45, 2.75) is 13.5 Å². The average Bonchev–Trinajstić information content (AvgIpc) is 2.76. The summed E-state index contributed by atoms with van der Waals surface area (Å²) in [5.74, 6) is -0.387. The molecule has 1 aromatic heterocycles. The molecule has 0 aliphatic rings. The lowest BCUT2D eigenvalue weighted by Gasteiger charge is -2.04. The Hall–Kier alpha value is -1.95. The standard InChI is InChI=1S/C11H10N2O3S/c1-7-2-4-8(5-3-7)16-6-9-10(11(14)15)12-13-17-9/h2-5H,6H2,1H3,(H,14,15). The van der Waals surface area contributed by atoms with Gasteiger partial charge < -0.3 is 9.84 Å². The van der Waals surface area contributed by atoms with Crippen LogP contribution in [0.15, 0.2) is 24.3 Å². The maximum atomic E-state index is 10.8. The zero-order chi connectivity index (χ0) is 12.3. The lowest BCUT2D eigenvalue weighted by atomic mass is 10.2. The number of carbonyl (C=O) groups is 1. The minimum absolute atomic E-state index is 0.0397. The van der Waals surface area contributed by atoms with Crippen molar-refractivity contribution in [3.8, 4) is 5.75 Å². The Labute approximate surface area is 102 Å². The van der Waals surface area contributed by atoms with E-state index in [1.165, 1.54) is 0 Å². The number of aryl methyl sites for hydroxylation is 1. The molecule has 17 heavy (non-hydrogen) atoms. The predicted molar refractivity (Wildman–Crippen MR) is 62.4 cm³/mol. The minimum Gasteiger partial charge on any atom is -0.488 e. The number of carboxylic acid groups (broad SMARTS) is 1. The highest BCUT2D eigenvalue weighted by Gasteiger charge is 2.15. The average molecular weight is 250 g/mol. The van der Waals surface area contributed by atoms with Crippen LogP contribution in [0.25, 0.3) is 0 Å². The van der Waals surface area contributed by atoms with Crippen LogP contribution in [-0.2, 0) is 6.61 Å². The summed E-state index contributed by atoms with van der Waals surface area (Å²) < 4.78 is 9.06. The highest BCUT2D eigenvalue weighted by Crippen LogP contribution is 2.16. The molecule has 1 aromatic carbocycles. The van der Waals surface area contributed by atoms with Crippen LogP contribution in [0, 0.1) is 6.92 Å². The summed E-state index contributed by atoms with van der Waals surface area (Å²) in [6, 6.07) is 7.53. The zero-order valence-electron chi connectivity index (χ0n) is 9.08. The van der Waals surface area contributed by atoms with Crippen molar-refractivity contribution in [1.29, 1.82) is 0 Å². The first-order chi connectivity index (χ1) is 8.16. The van der Waals surface area contributed by atoms with Crippen molar-refractivity contribution < 1.29 is 14.6 Å². The molecular formula is C11H10N2O3S. The number of ether oxygens (including phenoxy) is 1. The van der Waals surface area contributed by atoms with Gasteiger partial charge in [-0.15, -0.1) is 5.10 Å². The molecule has 1 heterocycles. The Morgan fingerprint density at radius 2 is 2.12 bits per heavy atom. The van der Waals surface area contributed by atoms with Gasteiger partial charge in [0.25, 0.3) is 0 Å². The van der Waals surface area contributed by atoms with Crippen LogP contribution >= 0.6 is 11.5 Å². The number of carboxylic acids is 1. The molecule has 5 nitrogen and oxygen atoms in total. The van der Waals surface area contributed by atoms with Gasteiger partial charge in [0.1, 0.15) is 12.4 Å². The molecule has 0 amide bonds. The smallest absolute Gasteiger partial charge is 0.357 e. The van der Waals surface area contributed by atoms with Crippen LogP contribution in [0.3, 0.4) is 0 Å². The molecule has 0 saturated carbocycles. The molecule has 1 N–H and O–H groups in total. The van der Waals surface area contributed by atoms with E-state index in [2.05, 4.69) is 9.59 Å². The number of hydrogen-bond acceptors (Lipinski definition) is 5. The van der Waals surface area contributed by atoms with E-state index in [1.54, 1.807) is 0 Å². The van der Waals surface area contributed by atoms with Crippen molar-refractivity contribution in [2.24, 2.45) is 0 Å². The van der Waals surface area contributed by atoms with Gasteiger partial charge in [0.15, 0.2) is 5.69 Å². The van der Waals surface area contributed by atoms with Crippen LogP contribution in [0.1, 0.15) is 20.9 Å². The van der Waals surface area contributed by atoms with E-state index in [0.29, 0.717) is 10.6 Å². The van der Waals surface area contributed by atoms with E-state index in [4.69, 9.17) is 9.84 Å². The summed E-state index contributed by atoms with van der Waals surface area (Å²) in [7, 11) is 0. The van der Waals surface area contributed by atoms with E-state index in [0.717, 1.165) is 17.1 Å². The number of nitrogens with zero attached hydrogens (tertiary/aromatic N) is 2. The summed E-state index contributed by atoms with van der Waals surface area (Å²) in [6.45, 7) is 2.15.